The molecule has 1 unspecified atom stereocenters. The zero-order valence-electron chi connectivity index (χ0n) is 8.42. The van der Waals surface area contributed by atoms with E-state index in [2.05, 4.69) is 4.18 Å². The van der Waals surface area contributed by atoms with Gasteiger partial charge in [0.25, 0.3) is 0 Å². The Kier molecular flexibility index (Phi) is 7.50. The van der Waals surface area contributed by atoms with Crippen molar-refractivity contribution in [3.8, 4) is 0 Å². The number of hydrogen-bond acceptors (Lipinski definition) is 6. The maximum Gasteiger partial charge on any atom is 0.397 e. The van der Waals surface area contributed by atoms with Crippen LogP contribution in [0.3, 0.4) is 0 Å². The Bertz CT molecular complexity index is 450. The highest BCUT2D eigenvalue weighted by atomic mass is 32.3. The monoisotopic (exact) mass is 282 g/mol. The van der Waals surface area contributed by atoms with Gasteiger partial charge < -0.3 is 5.11 Å². The molecule has 0 aliphatic heterocycles. The summed E-state index contributed by atoms with van der Waals surface area (Å²) in [6.45, 7) is -0.497. The smallest absolute Gasteiger partial charge is 0.386 e. The van der Waals surface area contributed by atoms with Gasteiger partial charge in [0.2, 0.25) is 0 Å². The third kappa shape index (κ3) is 8.65. The highest BCUT2D eigenvalue weighted by Gasteiger charge is 2.11. The Morgan fingerprint density at radius 3 is 2.12 bits per heavy atom. The molecule has 0 spiro atoms. The highest BCUT2D eigenvalue weighted by molar-refractivity contribution is 7.80. The average molecular weight is 282 g/mol. The number of hydrogen-bond donors (Lipinski definition) is 2. The molecule has 0 amide bonds. The fourth-order valence-corrected chi connectivity index (χ4v) is 1.22. The predicted octanol–water partition coefficient (Wildman–Crippen LogP) is -0.131. The third-order valence-corrected chi connectivity index (χ3v) is 1.99. The molecule has 2 N–H and O–H groups in total. The molecule has 1 rings (SSSR count). The number of benzene rings is 1. The largest absolute Gasteiger partial charge is 0.397 e. The lowest BCUT2D eigenvalue weighted by atomic mass is 10.1. The molecule has 1 aromatic rings. The predicted molar refractivity (Wildman–Crippen MR) is 57.8 cm³/mol. The molecule has 1 atom stereocenters. The summed E-state index contributed by atoms with van der Waals surface area (Å²) >= 11 is -0.750. The van der Waals surface area contributed by atoms with E-state index in [1.165, 1.54) is 0 Å². The van der Waals surface area contributed by atoms with Gasteiger partial charge in [-0.25, -0.2) is 4.18 Å². The summed E-state index contributed by atoms with van der Waals surface area (Å²) in [7, 11) is -4.49. The zero-order chi connectivity index (χ0) is 13.3. The molecule has 0 aliphatic rings. The van der Waals surface area contributed by atoms with Crippen LogP contribution in [0, 0.1) is 0 Å². The Morgan fingerprint density at radius 2 is 1.71 bits per heavy atom. The summed E-state index contributed by atoms with van der Waals surface area (Å²) in [6, 6.07) is 8.41. The molecule has 0 radical (unpaired) electrons. The van der Waals surface area contributed by atoms with Crippen molar-refractivity contribution >= 4 is 22.0 Å². The first-order valence-corrected chi connectivity index (χ1v) is 6.20. The minimum atomic E-state index is -4.49. The first kappa shape index (κ1) is 15.9. The van der Waals surface area contributed by atoms with Gasteiger partial charge in [0.1, 0.15) is 6.10 Å². The Hall–Kier alpha value is -1.13. The molecule has 7 nitrogen and oxygen atoms in total. The van der Waals surface area contributed by atoms with Crippen LogP contribution < -0.4 is 0 Å². The number of aliphatic hydroxyl groups excluding tert-OH is 1. The molecular formula is C8H10O7S2. The fraction of sp³-hybridized carbons (Fsp3) is 0.250. The molecule has 0 saturated heterocycles. The van der Waals surface area contributed by atoms with E-state index in [4.69, 9.17) is 13.0 Å². The zero-order valence-corrected chi connectivity index (χ0v) is 10.1. The maximum atomic E-state index is 10.2. The van der Waals surface area contributed by atoms with E-state index in [1.807, 2.05) is 0 Å². The van der Waals surface area contributed by atoms with Crippen molar-refractivity contribution < 1.29 is 30.7 Å². The number of rotatable bonds is 4. The van der Waals surface area contributed by atoms with Crippen LogP contribution in [0.1, 0.15) is 11.7 Å². The fourth-order valence-electron chi connectivity index (χ4n) is 0.922. The molecule has 1 aromatic carbocycles. The first-order valence-electron chi connectivity index (χ1n) is 4.17. The van der Waals surface area contributed by atoms with Crippen LogP contribution in [-0.4, -0.2) is 33.1 Å². The van der Waals surface area contributed by atoms with E-state index < -0.39 is 34.7 Å². The van der Waals surface area contributed by atoms with Gasteiger partial charge in [0.05, 0.1) is 6.61 Å². The normalized spacial score (nSPS) is 12.1. The Morgan fingerprint density at radius 1 is 1.24 bits per heavy atom. The second-order valence-electron chi connectivity index (χ2n) is 2.71. The molecule has 0 heterocycles. The van der Waals surface area contributed by atoms with Crippen LogP contribution in [0.2, 0.25) is 0 Å². The SMILES string of the molecule is O=S(=O)(O)OCC(O)c1ccccc1.O=S=O. The van der Waals surface area contributed by atoms with Crippen molar-refractivity contribution in [2.45, 2.75) is 6.10 Å². The number of aliphatic hydroxyl groups is 1. The molecule has 9 heteroatoms. The van der Waals surface area contributed by atoms with E-state index in [-0.39, 0.29) is 0 Å². The van der Waals surface area contributed by atoms with E-state index >= 15 is 0 Å². The lowest BCUT2D eigenvalue weighted by Crippen LogP contribution is -2.11. The van der Waals surface area contributed by atoms with E-state index in [0.29, 0.717) is 5.56 Å². The van der Waals surface area contributed by atoms with Gasteiger partial charge in [0.15, 0.2) is 0 Å². The van der Waals surface area contributed by atoms with Crippen molar-refractivity contribution in [2.75, 3.05) is 6.61 Å². The summed E-state index contributed by atoms with van der Waals surface area (Å²) in [5.41, 5.74) is 0.524. The second-order valence-corrected chi connectivity index (χ2v) is 3.93. The average Bonchev–Trinajstić information content (AvgIpc) is 2.27. The molecule has 17 heavy (non-hydrogen) atoms. The van der Waals surface area contributed by atoms with E-state index in [0.717, 1.165) is 0 Å². The van der Waals surface area contributed by atoms with Gasteiger partial charge in [-0.2, -0.15) is 16.8 Å². The molecule has 0 aromatic heterocycles. The highest BCUT2D eigenvalue weighted by Crippen LogP contribution is 2.12. The van der Waals surface area contributed by atoms with Crippen LogP contribution in [0.15, 0.2) is 30.3 Å². The van der Waals surface area contributed by atoms with Gasteiger partial charge in [-0.05, 0) is 5.56 Å². The third-order valence-electron chi connectivity index (χ3n) is 1.56. The summed E-state index contributed by atoms with van der Waals surface area (Å²) in [5.74, 6) is 0. The van der Waals surface area contributed by atoms with Crippen molar-refractivity contribution in [1.29, 1.82) is 0 Å². The van der Waals surface area contributed by atoms with Gasteiger partial charge in [-0.15, -0.1) is 0 Å². The van der Waals surface area contributed by atoms with Crippen LogP contribution in [0.4, 0.5) is 0 Å². The van der Waals surface area contributed by atoms with Crippen LogP contribution in [0.25, 0.3) is 0 Å². The van der Waals surface area contributed by atoms with Gasteiger partial charge in [-0.1, -0.05) is 30.3 Å². The van der Waals surface area contributed by atoms with E-state index in [1.54, 1.807) is 30.3 Å². The molecule has 0 saturated carbocycles. The van der Waals surface area contributed by atoms with Crippen LogP contribution in [0.5, 0.6) is 0 Å². The molecule has 0 fully saturated rings. The first-order chi connectivity index (χ1) is 7.90. The topological polar surface area (TPSA) is 118 Å². The van der Waals surface area contributed by atoms with Gasteiger partial charge in [-0.3, -0.25) is 4.55 Å². The van der Waals surface area contributed by atoms with Crippen LogP contribution in [-0.2, 0) is 26.2 Å². The minimum absolute atomic E-state index is 0.497. The van der Waals surface area contributed by atoms with Gasteiger partial charge in [0, 0.05) is 0 Å². The quantitative estimate of drug-likeness (QED) is 0.738. The molecule has 0 bridgehead atoms. The van der Waals surface area contributed by atoms with Crippen molar-refractivity contribution in [2.24, 2.45) is 0 Å². The van der Waals surface area contributed by atoms with Gasteiger partial charge >= 0.3 is 22.0 Å². The van der Waals surface area contributed by atoms with Crippen LogP contribution >= 0.6 is 0 Å². The lowest BCUT2D eigenvalue weighted by molar-refractivity contribution is 0.103. The lowest BCUT2D eigenvalue weighted by Gasteiger charge is -2.08. The van der Waals surface area contributed by atoms with Crippen molar-refractivity contribution in [1.82, 2.24) is 0 Å². The summed E-state index contributed by atoms with van der Waals surface area (Å²) < 4.78 is 49.2. The Labute approximate surface area is 102 Å². The molecular weight excluding hydrogens is 272 g/mol. The second kappa shape index (κ2) is 8.03. The maximum absolute atomic E-state index is 10.2. The van der Waals surface area contributed by atoms with Crippen molar-refractivity contribution in [3.63, 3.8) is 0 Å². The summed E-state index contributed by atoms with van der Waals surface area (Å²) in [4.78, 5) is 0. The Balaban J connectivity index is 0.000000770. The molecule has 96 valence electrons. The molecule has 0 aliphatic carbocycles. The standard InChI is InChI=1S/C8H10O5S.O2S/c9-8(6-13-14(10,11)12)7-4-2-1-3-5-7;1-3-2/h1-5,8-9H,6H2,(H,10,11,12);. The van der Waals surface area contributed by atoms with Crippen molar-refractivity contribution in [3.05, 3.63) is 35.9 Å². The summed E-state index contributed by atoms with van der Waals surface area (Å²) in [6.07, 6.45) is -1.07. The van der Waals surface area contributed by atoms with E-state index in [9.17, 15) is 13.5 Å². The minimum Gasteiger partial charge on any atom is -0.386 e. The summed E-state index contributed by atoms with van der Waals surface area (Å²) in [5, 5.41) is 9.38.